The van der Waals surface area contributed by atoms with Crippen molar-refractivity contribution in [2.24, 2.45) is 0 Å². The standard InChI is InChI=1S/C24H37ClOSi/c1-10-24(11-2,17-12-13-19(14-17)27(7,8)9)21-16-18(25)15-20(22(21)26-6)23(3,4)5/h12-16,19H,10-11H2,1-9H3. The van der Waals surface area contributed by atoms with E-state index < -0.39 is 8.07 Å². The van der Waals surface area contributed by atoms with E-state index in [1.165, 1.54) is 16.7 Å². The SMILES string of the molecule is CCC(CC)(C1=CC([Si](C)(C)C)C=C1)c1cc(Cl)cc(C(C)(C)C)c1OC. The summed E-state index contributed by atoms with van der Waals surface area (Å²) >= 11 is 6.63. The minimum atomic E-state index is -1.27. The smallest absolute Gasteiger partial charge is 0.126 e. The van der Waals surface area contributed by atoms with Crippen molar-refractivity contribution in [1.29, 1.82) is 0 Å². The third-order valence-electron chi connectivity index (χ3n) is 6.18. The number of hydrogen-bond acceptors (Lipinski definition) is 1. The average molecular weight is 405 g/mol. The zero-order chi connectivity index (χ0) is 20.6. The first-order chi connectivity index (χ1) is 12.4. The Kier molecular flexibility index (Phi) is 6.44. The summed E-state index contributed by atoms with van der Waals surface area (Å²) in [5.41, 5.74) is 4.35. The van der Waals surface area contributed by atoms with E-state index >= 15 is 0 Å². The lowest BCUT2D eigenvalue weighted by molar-refractivity contribution is 0.371. The lowest BCUT2D eigenvalue weighted by Gasteiger charge is -2.37. The van der Waals surface area contributed by atoms with Crippen LogP contribution in [0.1, 0.15) is 58.6 Å². The van der Waals surface area contributed by atoms with Crippen LogP contribution in [0.25, 0.3) is 0 Å². The van der Waals surface area contributed by atoms with Crippen LogP contribution in [0.3, 0.4) is 0 Å². The molecule has 0 amide bonds. The molecule has 1 unspecified atom stereocenters. The van der Waals surface area contributed by atoms with Gasteiger partial charge in [0.25, 0.3) is 0 Å². The van der Waals surface area contributed by atoms with Crippen molar-refractivity contribution < 1.29 is 4.74 Å². The molecule has 2 rings (SSSR count). The van der Waals surface area contributed by atoms with Crippen LogP contribution in [0, 0.1) is 0 Å². The number of allylic oxidation sites excluding steroid dienone is 4. The van der Waals surface area contributed by atoms with Gasteiger partial charge in [0.05, 0.1) is 15.2 Å². The van der Waals surface area contributed by atoms with Crippen LogP contribution in [-0.4, -0.2) is 15.2 Å². The van der Waals surface area contributed by atoms with Crippen LogP contribution >= 0.6 is 11.6 Å². The highest BCUT2D eigenvalue weighted by Crippen LogP contribution is 2.50. The minimum absolute atomic E-state index is 0.0288. The van der Waals surface area contributed by atoms with E-state index in [0.717, 1.165) is 23.6 Å². The van der Waals surface area contributed by atoms with Crippen LogP contribution in [0.4, 0.5) is 0 Å². The lowest BCUT2D eigenvalue weighted by atomic mass is 9.68. The van der Waals surface area contributed by atoms with Crippen LogP contribution < -0.4 is 4.74 Å². The second kappa shape index (κ2) is 7.79. The number of rotatable bonds is 6. The van der Waals surface area contributed by atoms with Crippen LogP contribution in [-0.2, 0) is 10.8 Å². The second-order valence-electron chi connectivity index (χ2n) is 9.95. The van der Waals surface area contributed by atoms with Gasteiger partial charge >= 0.3 is 0 Å². The third kappa shape index (κ3) is 4.22. The first-order valence-corrected chi connectivity index (χ1v) is 14.1. The molecule has 0 aliphatic heterocycles. The monoisotopic (exact) mass is 404 g/mol. The minimum Gasteiger partial charge on any atom is -0.496 e. The molecular weight excluding hydrogens is 368 g/mol. The first kappa shape index (κ1) is 22.3. The maximum Gasteiger partial charge on any atom is 0.126 e. The van der Waals surface area contributed by atoms with Crippen molar-refractivity contribution in [3.63, 3.8) is 0 Å². The van der Waals surface area contributed by atoms with Crippen molar-refractivity contribution in [3.05, 3.63) is 52.1 Å². The molecular formula is C24H37ClOSi. The fraction of sp³-hybridized carbons (Fsp3) is 0.583. The number of benzene rings is 1. The summed E-state index contributed by atoms with van der Waals surface area (Å²) in [5, 5.41) is 0.798. The summed E-state index contributed by atoms with van der Waals surface area (Å²) in [4.78, 5) is 0. The molecule has 1 aliphatic rings. The molecule has 1 aromatic rings. The Labute approximate surface area is 172 Å². The molecule has 0 aromatic heterocycles. The van der Waals surface area contributed by atoms with Crippen molar-refractivity contribution in [1.82, 2.24) is 0 Å². The predicted octanol–water partition coefficient (Wildman–Crippen LogP) is 7.91. The molecule has 3 heteroatoms. The zero-order valence-corrected chi connectivity index (χ0v) is 20.4. The maximum absolute atomic E-state index is 6.63. The molecule has 1 aliphatic carbocycles. The van der Waals surface area contributed by atoms with Gasteiger partial charge in [0.15, 0.2) is 0 Å². The maximum atomic E-state index is 6.63. The Morgan fingerprint density at radius 2 is 1.59 bits per heavy atom. The number of methoxy groups -OCH3 is 1. The third-order valence-corrected chi connectivity index (χ3v) is 8.76. The Balaban J connectivity index is 2.75. The van der Waals surface area contributed by atoms with Gasteiger partial charge in [-0.3, -0.25) is 0 Å². The molecule has 0 spiro atoms. The van der Waals surface area contributed by atoms with Crippen molar-refractivity contribution in [3.8, 4) is 5.75 Å². The van der Waals surface area contributed by atoms with Crippen molar-refractivity contribution >= 4 is 19.7 Å². The highest BCUT2D eigenvalue weighted by molar-refractivity contribution is 6.78. The van der Waals surface area contributed by atoms with Crippen LogP contribution in [0.5, 0.6) is 5.75 Å². The molecule has 1 nitrogen and oxygen atoms in total. The van der Waals surface area contributed by atoms with Crippen LogP contribution in [0.15, 0.2) is 35.9 Å². The first-order valence-electron chi connectivity index (χ1n) is 10.2. The van der Waals surface area contributed by atoms with Gasteiger partial charge in [-0.25, -0.2) is 0 Å². The van der Waals surface area contributed by atoms with Gasteiger partial charge in [0.2, 0.25) is 0 Å². The Morgan fingerprint density at radius 3 is 2.00 bits per heavy atom. The summed E-state index contributed by atoms with van der Waals surface area (Å²) in [6.45, 7) is 18.6. The molecule has 0 fully saturated rings. The van der Waals surface area contributed by atoms with Gasteiger partial charge in [0.1, 0.15) is 5.75 Å². The molecule has 0 heterocycles. The number of halogens is 1. The highest BCUT2D eigenvalue weighted by atomic mass is 35.5. The number of hydrogen-bond donors (Lipinski definition) is 0. The van der Waals surface area contributed by atoms with Crippen LogP contribution in [0.2, 0.25) is 30.2 Å². The van der Waals surface area contributed by atoms with Crippen molar-refractivity contribution in [2.75, 3.05) is 7.11 Å². The Bertz CT molecular complexity index is 743. The zero-order valence-electron chi connectivity index (χ0n) is 18.7. The quantitative estimate of drug-likeness (QED) is 0.437. The van der Waals surface area contributed by atoms with Crippen molar-refractivity contribution in [2.45, 2.75) is 83.5 Å². The fourth-order valence-corrected chi connectivity index (χ4v) is 5.86. The Morgan fingerprint density at radius 1 is 1.04 bits per heavy atom. The second-order valence-corrected chi connectivity index (χ2v) is 15.8. The average Bonchev–Trinajstić information content (AvgIpc) is 3.06. The largest absolute Gasteiger partial charge is 0.496 e. The van der Waals surface area contributed by atoms with Gasteiger partial charge in [-0.15, -0.1) is 0 Å². The van der Waals surface area contributed by atoms with E-state index in [1.807, 2.05) is 0 Å². The van der Waals surface area contributed by atoms with E-state index in [0.29, 0.717) is 5.54 Å². The van der Waals surface area contributed by atoms with Gasteiger partial charge < -0.3 is 4.74 Å². The summed E-state index contributed by atoms with van der Waals surface area (Å²) in [6, 6.07) is 4.21. The van der Waals surface area contributed by atoms with E-state index in [9.17, 15) is 0 Å². The van der Waals surface area contributed by atoms with E-state index in [-0.39, 0.29) is 10.8 Å². The summed E-state index contributed by atoms with van der Waals surface area (Å²) < 4.78 is 6.02. The summed E-state index contributed by atoms with van der Waals surface area (Å²) in [5.74, 6) is 1.00. The van der Waals surface area contributed by atoms with Gasteiger partial charge in [-0.1, -0.05) is 84.1 Å². The molecule has 1 aromatic carbocycles. The van der Waals surface area contributed by atoms with E-state index in [2.05, 4.69) is 84.6 Å². The molecule has 1 atom stereocenters. The van der Waals surface area contributed by atoms with Gasteiger partial charge in [0, 0.05) is 21.6 Å². The molecule has 0 saturated heterocycles. The Hall–Kier alpha value is -0.993. The number of ether oxygens (including phenoxy) is 1. The summed E-state index contributed by atoms with van der Waals surface area (Å²) in [6.07, 6.45) is 9.36. The molecule has 27 heavy (non-hydrogen) atoms. The topological polar surface area (TPSA) is 9.23 Å². The van der Waals surface area contributed by atoms with Gasteiger partial charge in [-0.05, 0) is 41.5 Å². The van der Waals surface area contributed by atoms with E-state index in [4.69, 9.17) is 16.3 Å². The molecule has 0 saturated carbocycles. The molecule has 0 N–H and O–H groups in total. The van der Waals surface area contributed by atoms with E-state index in [1.54, 1.807) is 7.11 Å². The molecule has 150 valence electrons. The predicted molar refractivity (Wildman–Crippen MR) is 123 cm³/mol. The van der Waals surface area contributed by atoms with Gasteiger partial charge in [-0.2, -0.15) is 0 Å². The molecule has 0 bridgehead atoms. The normalized spacial score (nSPS) is 18.0. The highest BCUT2D eigenvalue weighted by Gasteiger charge is 2.39. The summed E-state index contributed by atoms with van der Waals surface area (Å²) in [7, 11) is 0.528. The fourth-order valence-electron chi connectivity index (χ4n) is 4.29. The lowest BCUT2D eigenvalue weighted by Crippen LogP contribution is -2.29. The molecule has 0 radical (unpaired) electrons.